The van der Waals surface area contributed by atoms with E-state index < -0.39 is 12.1 Å². The first kappa shape index (κ1) is 57.4. The first-order valence-electron chi connectivity index (χ1n) is 23.5. The Balaban J connectivity index is 0.000000397. The van der Waals surface area contributed by atoms with Gasteiger partial charge in [0, 0.05) is 76.7 Å². The van der Waals surface area contributed by atoms with Gasteiger partial charge in [0.2, 0.25) is 0 Å². The van der Waals surface area contributed by atoms with Gasteiger partial charge < -0.3 is 50.0 Å². The maximum absolute atomic E-state index is 13.4. The molecule has 4 aliphatic heterocycles. The van der Waals surface area contributed by atoms with E-state index in [9.17, 15) is 20.4 Å². The standard InChI is InChI=1S/C40H32N4O4.4C4H8O.Co.U/c45-35-21-9-1-13-27(35)25-41-31-17-5-7-19-33(31)43-39(29-15-3-11-23-37(29)47)40(30-16-4-12-24-38(30)48)44-34-20-8-6-18-32(34)42-26-28-14-2-10-22-36(28)46;4*1-2-4-5-3-1;;/h1-26,39-40,47-48H,(H,41,45)(H,42,46);4*1-4H2;;/q-2;;;;;2*+3/p-4/t39-,40+;;;;;;. The van der Waals surface area contributed by atoms with Crippen LogP contribution in [0.15, 0.2) is 156 Å². The number of aliphatic imine (C=N–C) groups is 2. The molecule has 0 aliphatic carbocycles. The van der Waals surface area contributed by atoms with E-state index >= 15 is 0 Å². The summed E-state index contributed by atoms with van der Waals surface area (Å²) in [5.74, 6) is -0.872. The molecule has 0 amide bonds. The number of ether oxygens (including phenoxy) is 4. The van der Waals surface area contributed by atoms with Gasteiger partial charge in [-0.1, -0.05) is 145 Å². The zero-order chi connectivity index (χ0) is 47.4. The number of hydrogen-bond acceptors (Lipinski definition) is 10. The molecule has 4 aliphatic rings. The van der Waals surface area contributed by atoms with Crippen LogP contribution in [-0.4, -0.2) is 65.3 Å². The van der Waals surface area contributed by atoms with Crippen molar-refractivity contribution in [2.24, 2.45) is 9.98 Å². The number of hydrogen-bond donors (Lipinski definition) is 0. The summed E-state index contributed by atoms with van der Waals surface area (Å²) in [5, 5.41) is 61.6. The molecule has 0 unspecified atom stereocenters. The molecule has 1 radical (unpaired) electrons. The van der Waals surface area contributed by atoms with E-state index in [4.69, 9.17) is 29.6 Å². The summed E-state index contributed by atoms with van der Waals surface area (Å²) in [6.45, 7) is 8.00. The Morgan fingerprint density at radius 1 is 0.371 bits per heavy atom. The molecule has 2 atom stereocenters. The van der Waals surface area contributed by atoms with Crippen LogP contribution in [0.25, 0.3) is 10.6 Å². The smallest absolute Gasteiger partial charge is 0.872 e. The van der Waals surface area contributed by atoms with E-state index in [2.05, 4.69) is 9.98 Å². The van der Waals surface area contributed by atoms with Gasteiger partial charge in [0.15, 0.2) is 0 Å². The predicted octanol–water partition coefficient (Wildman–Crippen LogP) is 10.9. The van der Waals surface area contributed by atoms with Crippen molar-refractivity contribution < 1.29 is 87.3 Å². The summed E-state index contributed by atoms with van der Waals surface area (Å²) < 4.78 is 19.8. The van der Waals surface area contributed by atoms with Crippen molar-refractivity contribution in [2.45, 2.75) is 63.5 Å². The summed E-state index contributed by atoms with van der Waals surface area (Å²) in [7, 11) is 0. The molecule has 0 N–H and O–H groups in total. The van der Waals surface area contributed by atoms with Crippen LogP contribution >= 0.6 is 0 Å². The molecule has 12 nitrogen and oxygen atoms in total. The van der Waals surface area contributed by atoms with Gasteiger partial charge in [0.1, 0.15) is 0 Å². The van der Waals surface area contributed by atoms with Gasteiger partial charge in [-0.25, -0.2) is 0 Å². The Hall–Kier alpha value is -5.14. The molecule has 14 heteroatoms. The molecule has 0 bridgehead atoms. The fourth-order valence-electron chi connectivity index (χ4n) is 7.23. The first-order valence-corrected chi connectivity index (χ1v) is 23.5. The van der Waals surface area contributed by atoms with E-state index in [-0.39, 0.29) is 70.9 Å². The van der Waals surface area contributed by atoms with E-state index in [1.165, 1.54) is 88.1 Å². The number of para-hydroxylation sites is 8. The Morgan fingerprint density at radius 3 is 0.929 bits per heavy atom. The Bertz CT molecular complexity index is 2220. The Labute approximate surface area is 447 Å². The Kier molecular flexibility index (Phi) is 27.4. The van der Waals surface area contributed by atoms with Crippen LogP contribution < -0.4 is 20.4 Å². The average molecular weight is 1210 g/mol. The van der Waals surface area contributed by atoms with Crippen LogP contribution in [0.4, 0.5) is 22.7 Å². The molecule has 0 spiro atoms. The van der Waals surface area contributed by atoms with Crippen molar-refractivity contribution in [3.8, 4) is 23.0 Å². The van der Waals surface area contributed by atoms with Crippen LogP contribution in [-0.2, 0) is 35.7 Å². The van der Waals surface area contributed by atoms with Crippen molar-refractivity contribution in [2.75, 3.05) is 52.9 Å². The first-order chi connectivity index (χ1) is 33.5. The van der Waals surface area contributed by atoms with Crippen LogP contribution in [0.5, 0.6) is 23.0 Å². The van der Waals surface area contributed by atoms with Gasteiger partial charge in [-0.15, -0.1) is 46.5 Å². The normalized spacial score (nSPS) is 15.5. The van der Waals surface area contributed by atoms with E-state index in [1.807, 2.05) is 0 Å². The van der Waals surface area contributed by atoms with Gasteiger partial charge in [-0.2, -0.15) is 0 Å². The van der Waals surface area contributed by atoms with Crippen LogP contribution in [0.2, 0.25) is 0 Å². The second-order valence-corrected chi connectivity index (χ2v) is 16.1. The predicted molar refractivity (Wildman–Crippen MR) is 263 cm³/mol. The zero-order valence-electron chi connectivity index (χ0n) is 39.4. The number of nitrogens with zero attached hydrogens (tertiary/aromatic N) is 4. The summed E-state index contributed by atoms with van der Waals surface area (Å²) in [4.78, 5) is 9.16. The molecule has 6 aromatic carbocycles. The summed E-state index contributed by atoms with van der Waals surface area (Å²) in [5.41, 5.74) is 3.30. The summed E-state index contributed by atoms with van der Waals surface area (Å²) in [6.07, 6.45) is 13.2. The third kappa shape index (κ3) is 19.6. The fraction of sp³-hybridized carbons (Fsp3) is 0.321. The molecule has 4 fully saturated rings. The molecule has 0 saturated carbocycles. The molecular formula is C56H60CoN4O8U. The van der Waals surface area contributed by atoms with E-state index in [1.54, 1.807) is 121 Å². The van der Waals surface area contributed by atoms with Crippen molar-refractivity contribution in [3.05, 3.63) is 178 Å². The second kappa shape index (κ2) is 33.4. The number of rotatable bonds is 11. The van der Waals surface area contributed by atoms with Crippen molar-refractivity contribution in [1.29, 1.82) is 0 Å². The molecule has 4 saturated heterocycles. The van der Waals surface area contributed by atoms with Crippen LogP contribution in [0.1, 0.15) is 85.7 Å². The molecule has 70 heavy (non-hydrogen) atoms. The quantitative estimate of drug-likeness (QED) is 0.115. The largest absolute Gasteiger partial charge is 3.00 e. The SMILES string of the molecule is C1CCOC1.C1CCOC1.C1CCOC1.C1CCOC1.[Co+3].[O-]c1ccccc1C=Nc1ccccc1[N-][C@H](c1ccccc1[O-])[C@@H]([N-]c1ccccc1N=Cc1ccccc1[O-])c1ccccc1[O-].[U+3]. The van der Waals surface area contributed by atoms with E-state index in [0.29, 0.717) is 45.0 Å². The number of benzene rings is 6. The van der Waals surface area contributed by atoms with Gasteiger partial charge >= 0.3 is 47.9 Å². The Morgan fingerprint density at radius 2 is 0.643 bits per heavy atom. The van der Waals surface area contributed by atoms with Gasteiger partial charge in [0.05, 0.1) is 0 Å². The minimum atomic E-state index is -0.962. The van der Waals surface area contributed by atoms with Crippen molar-refractivity contribution in [1.82, 2.24) is 0 Å². The van der Waals surface area contributed by atoms with Gasteiger partial charge in [-0.05, 0) is 74.6 Å². The summed E-state index contributed by atoms with van der Waals surface area (Å²) in [6, 6.07) is 38.5. The monoisotopic (exact) mass is 1210 g/mol. The molecule has 4 heterocycles. The molecular weight excluding hydrogens is 1150 g/mol. The minimum Gasteiger partial charge on any atom is -0.872 e. The van der Waals surface area contributed by atoms with Crippen LogP contribution in [0.3, 0.4) is 0 Å². The molecule has 365 valence electrons. The maximum Gasteiger partial charge on any atom is 3.00 e. The average Bonchev–Trinajstić information content (AvgIpc) is 4.24. The van der Waals surface area contributed by atoms with Crippen LogP contribution in [0, 0.1) is 31.1 Å². The topological polar surface area (TPSA) is 182 Å². The third-order valence-electron chi connectivity index (χ3n) is 10.9. The fourth-order valence-corrected chi connectivity index (χ4v) is 7.23. The molecule has 10 rings (SSSR count). The summed E-state index contributed by atoms with van der Waals surface area (Å²) >= 11 is 0. The molecule has 6 aromatic rings. The minimum absolute atomic E-state index is 0. The third-order valence-corrected chi connectivity index (χ3v) is 10.9. The van der Waals surface area contributed by atoms with Gasteiger partial charge in [0.25, 0.3) is 0 Å². The second-order valence-electron chi connectivity index (χ2n) is 16.1. The van der Waals surface area contributed by atoms with E-state index in [0.717, 1.165) is 52.9 Å². The van der Waals surface area contributed by atoms with Crippen molar-refractivity contribution in [3.63, 3.8) is 0 Å². The maximum atomic E-state index is 13.4. The zero-order valence-corrected chi connectivity index (χ0v) is 44.6. The van der Waals surface area contributed by atoms with Gasteiger partial charge in [-0.3, -0.25) is 9.98 Å². The molecule has 0 aromatic heterocycles. The van der Waals surface area contributed by atoms with Crippen molar-refractivity contribution >= 4 is 35.2 Å².